The Labute approximate surface area is 92.1 Å². The molecular weight excluding hydrogens is 217 g/mol. The summed E-state index contributed by atoms with van der Waals surface area (Å²) >= 11 is 5.62. The Morgan fingerprint density at radius 1 is 1.53 bits per heavy atom. The molecule has 0 radical (unpaired) electrons. The van der Waals surface area contributed by atoms with Crippen molar-refractivity contribution in [1.29, 1.82) is 0 Å². The van der Waals surface area contributed by atoms with Crippen LogP contribution in [-0.4, -0.2) is 12.0 Å². The first kappa shape index (κ1) is 10.2. The highest BCUT2D eigenvalue weighted by atomic mass is 35.5. The molecule has 3 N–H and O–H groups in total. The van der Waals surface area contributed by atoms with Gasteiger partial charge in [-0.15, -0.1) is 0 Å². The van der Waals surface area contributed by atoms with E-state index in [4.69, 9.17) is 17.3 Å². The molecule has 0 amide bonds. The highest BCUT2D eigenvalue weighted by molar-refractivity contribution is 6.31. The summed E-state index contributed by atoms with van der Waals surface area (Å²) in [5.74, 6) is -0.271. The van der Waals surface area contributed by atoms with Gasteiger partial charge in [-0.2, -0.15) is 0 Å². The van der Waals surface area contributed by atoms with E-state index in [-0.39, 0.29) is 16.7 Å². The third-order valence-electron chi connectivity index (χ3n) is 2.08. The van der Waals surface area contributed by atoms with E-state index in [1.165, 1.54) is 6.07 Å². The summed E-state index contributed by atoms with van der Waals surface area (Å²) in [4.78, 5) is 4.13. The third kappa shape index (κ3) is 2.59. The van der Waals surface area contributed by atoms with Crippen molar-refractivity contribution in [3.8, 4) is 0 Å². The van der Waals surface area contributed by atoms with Crippen LogP contribution in [0.4, 0.5) is 10.1 Å². The predicted octanol–water partition coefficient (Wildman–Crippen LogP) is 2.37. The van der Waals surface area contributed by atoms with Gasteiger partial charge in [-0.25, -0.2) is 9.38 Å². The molecule has 0 atom stereocenters. The molecule has 0 saturated heterocycles. The number of anilines is 1. The van der Waals surface area contributed by atoms with Gasteiger partial charge in [0.25, 0.3) is 0 Å². The zero-order valence-corrected chi connectivity index (χ0v) is 8.76. The molecule has 15 heavy (non-hydrogen) atoms. The number of aliphatic imine (C=N–C) groups is 1. The minimum absolute atomic E-state index is 0.0687. The molecule has 0 unspecified atom stereocenters. The number of hydrogen-bond acceptors (Lipinski definition) is 1. The van der Waals surface area contributed by atoms with Crippen molar-refractivity contribution in [3.05, 3.63) is 29.0 Å². The first-order valence-corrected chi connectivity index (χ1v) is 5.09. The number of nitrogens with two attached hydrogens (primary N) is 1. The summed E-state index contributed by atoms with van der Waals surface area (Å²) in [6.45, 7) is 0. The van der Waals surface area contributed by atoms with Crippen LogP contribution in [0.1, 0.15) is 12.8 Å². The van der Waals surface area contributed by atoms with Gasteiger partial charge in [0.05, 0.1) is 16.8 Å². The summed E-state index contributed by atoms with van der Waals surface area (Å²) in [6, 6.07) is 5.00. The highest BCUT2D eigenvalue weighted by Crippen LogP contribution is 2.24. The minimum Gasteiger partial charge on any atom is -0.370 e. The van der Waals surface area contributed by atoms with Gasteiger partial charge in [-0.3, -0.25) is 0 Å². The topological polar surface area (TPSA) is 50.4 Å². The van der Waals surface area contributed by atoms with Gasteiger partial charge in [0, 0.05) is 0 Å². The van der Waals surface area contributed by atoms with Crippen LogP contribution in [0.5, 0.6) is 0 Å². The Bertz CT molecular complexity index is 402. The van der Waals surface area contributed by atoms with E-state index in [0.29, 0.717) is 6.04 Å². The number of benzene rings is 1. The average Bonchev–Trinajstić information content (AvgIpc) is 2.97. The van der Waals surface area contributed by atoms with E-state index in [0.717, 1.165) is 12.8 Å². The van der Waals surface area contributed by atoms with Crippen molar-refractivity contribution in [1.82, 2.24) is 0 Å². The molecule has 0 spiro atoms. The van der Waals surface area contributed by atoms with Crippen molar-refractivity contribution < 1.29 is 4.39 Å². The van der Waals surface area contributed by atoms with E-state index < -0.39 is 5.82 Å². The van der Waals surface area contributed by atoms with Crippen LogP contribution in [0.25, 0.3) is 0 Å². The first-order valence-electron chi connectivity index (χ1n) is 4.71. The lowest BCUT2D eigenvalue weighted by Gasteiger charge is -2.07. The van der Waals surface area contributed by atoms with Gasteiger partial charge in [-0.1, -0.05) is 17.7 Å². The standard InChI is InChI=1S/C10H11ClFN3/c11-7-2-1-3-8(9(7)12)15-10(13)14-6-4-5-6/h1-3,6H,4-5H2,(H3,13,14,15). The van der Waals surface area contributed by atoms with Crippen LogP contribution in [-0.2, 0) is 0 Å². The fraction of sp³-hybridized carbons (Fsp3) is 0.300. The van der Waals surface area contributed by atoms with Gasteiger partial charge < -0.3 is 11.1 Å². The van der Waals surface area contributed by atoms with Gasteiger partial charge >= 0.3 is 0 Å². The molecular formula is C10H11ClFN3. The Morgan fingerprint density at radius 3 is 2.93 bits per heavy atom. The van der Waals surface area contributed by atoms with Gasteiger partial charge in [0.1, 0.15) is 0 Å². The van der Waals surface area contributed by atoms with Crippen molar-refractivity contribution in [2.24, 2.45) is 10.7 Å². The van der Waals surface area contributed by atoms with Crippen molar-refractivity contribution in [2.45, 2.75) is 18.9 Å². The number of guanidine groups is 1. The predicted molar refractivity (Wildman–Crippen MR) is 59.7 cm³/mol. The Morgan fingerprint density at radius 2 is 2.27 bits per heavy atom. The molecule has 0 aromatic heterocycles. The quantitative estimate of drug-likeness (QED) is 0.602. The second-order valence-electron chi connectivity index (χ2n) is 3.47. The third-order valence-corrected chi connectivity index (χ3v) is 2.37. The van der Waals surface area contributed by atoms with Crippen LogP contribution >= 0.6 is 11.6 Å². The van der Waals surface area contributed by atoms with Crippen LogP contribution in [0.15, 0.2) is 23.2 Å². The van der Waals surface area contributed by atoms with Crippen LogP contribution in [0.2, 0.25) is 5.02 Å². The van der Waals surface area contributed by atoms with E-state index in [1.54, 1.807) is 12.1 Å². The summed E-state index contributed by atoms with van der Waals surface area (Å²) in [7, 11) is 0. The second kappa shape index (κ2) is 4.06. The fourth-order valence-corrected chi connectivity index (χ4v) is 1.35. The molecule has 1 aliphatic carbocycles. The molecule has 80 valence electrons. The number of rotatable bonds is 2. The van der Waals surface area contributed by atoms with E-state index in [9.17, 15) is 4.39 Å². The molecule has 1 fully saturated rings. The molecule has 3 nitrogen and oxygen atoms in total. The van der Waals surface area contributed by atoms with Gasteiger partial charge in [0.2, 0.25) is 0 Å². The number of nitrogens with one attached hydrogen (secondary N) is 1. The lowest BCUT2D eigenvalue weighted by Crippen LogP contribution is -2.23. The molecule has 1 saturated carbocycles. The van der Waals surface area contributed by atoms with Crippen molar-refractivity contribution in [2.75, 3.05) is 5.32 Å². The molecule has 2 rings (SSSR count). The zero-order chi connectivity index (χ0) is 10.8. The monoisotopic (exact) mass is 227 g/mol. The normalized spacial score (nSPS) is 16.5. The summed E-state index contributed by atoms with van der Waals surface area (Å²) in [5.41, 5.74) is 5.85. The van der Waals surface area contributed by atoms with Gasteiger partial charge in [0.15, 0.2) is 11.8 Å². The Hall–Kier alpha value is -1.29. The van der Waals surface area contributed by atoms with E-state index in [2.05, 4.69) is 10.3 Å². The van der Waals surface area contributed by atoms with Crippen LogP contribution < -0.4 is 11.1 Å². The summed E-state index contributed by atoms with van der Waals surface area (Å²) in [6.07, 6.45) is 2.11. The molecule has 0 bridgehead atoms. The number of nitrogens with zero attached hydrogens (tertiary/aromatic N) is 1. The van der Waals surface area contributed by atoms with Crippen molar-refractivity contribution >= 4 is 23.2 Å². The first-order chi connectivity index (χ1) is 7.16. The molecule has 1 aliphatic rings. The van der Waals surface area contributed by atoms with Gasteiger partial charge in [-0.05, 0) is 25.0 Å². The molecule has 5 heteroatoms. The number of hydrogen-bond donors (Lipinski definition) is 2. The molecule has 0 aliphatic heterocycles. The van der Waals surface area contributed by atoms with Crippen LogP contribution in [0, 0.1) is 5.82 Å². The van der Waals surface area contributed by atoms with E-state index in [1.807, 2.05) is 0 Å². The highest BCUT2D eigenvalue weighted by Gasteiger charge is 2.20. The summed E-state index contributed by atoms with van der Waals surface area (Å²) < 4.78 is 13.4. The Balaban J connectivity index is 2.12. The van der Waals surface area contributed by atoms with E-state index >= 15 is 0 Å². The van der Waals surface area contributed by atoms with Crippen molar-refractivity contribution in [3.63, 3.8) is 0 Å². The smallest absolute Gasteiger partial charge is 0.193 e. The maximum Gasteiger partial charge on any atom is 0.193 e. The number of halogens is 2. The fourth-order valence-electron chi connectivity index (χ4n) is 1.17. The minimum atomic E-state index is -0.506. The lowest BCUT2D eigenvalue weighted by atomic mass is 10.3. The Kier molecular flexibility index (Phi) is 2.77. The molecule has 0 heterocycles. The lowest BCUT2D eigenvalue weighted by molar-refractivity contribution is 0.632. The second-order valence-corrected chi connectivity index (χ2v) is 3.88. The zero-order valence-electron chi connectivity index (χ0n) is 8.00. The average molecular weight is 228 g/mol. The summed E-state index contributed by atoms with van der Waals surface area (Å²) in [5, 5.41) is 2.76. The maximum absolute atomic E-state index is 13.4. The SMILES string of the molecule is NC(=NC1CC1)Nc1cccc(Cl)c1F. The largest absolute Gasteiger partial charge is 0.370 e. The van der Waals surface area contributed by atoms with Crippen LogP contribution in [0.3, 0.4) is 0 Å². The maximum atomic E-state index is 13.4. The molecule has 1 aromatic carbocycles. The molecule has 1 aromatic rings.